The van der Waals surface area contributed by atoms with Crippen molar-refractivity contribution in [1.82, 2.24) is 24.6 Å². The van der Waals surface area contributed by atoms with Gasteiger partial charge in [0.15, 0.2) is 11.6 Å². The lowest BCUT2D eigenvalue weighted by Crippen LogP contribution is -2.50. The van der Waals surface area contributed by atoms with Gasteiger partial charge in [-0.15, -0.1) is 5.10 Å². The molecule has 2 fully saturated rings. The molecule has 1 aromatic carbocycles. The van der Waals surface area contributed by atoms with E-state index in [1.165, 1.54) is 6.33 Å². The number of carbonyl (C=O) groups excluding carboxylic acids is 1. The average Bonchev–Trinajstić information content (AvgIpc) is 3.45. The van der Waals surface area contributed by atoms with Crippen LogP contribution in [0.1, 0.15) is 27.2 Å². The summed E-state index contributed by atoms with van der Waals surface area (Å²) in [6, 6.07) is 7.84. The van der Waals surface area contributed by atoms with E-state index < -0.39 is 5.60 Å². The third-order valence-corrected chi connectivity index (χ3v) is 5.93. The molecular formula is C22H27N7O3. The van der Waals surface area contributed by atoms with Gasteiger partial charge in [-0.3, -0.25) is 0 Å². The smallest absolute Gasteiger partial charge is 0.410 e. The monoisotopic (exact) mass is 437 g/mol. The number of methoxy groups -OCH3 is 1. The lowest BCUT2D eigenvalue weighted by atomic mass is 10.2. The minimum Gasteiger partial charge on any atom is -0.497 e. The van der Waals surface area contributed by atoms with Crippen molar-refractivity contribution in [2.24, 2.45) is 0 Å². The Balaban J connectivity index is 1.40. The molecule has 2 saturated heterocycles. The Morgan fingerprint density at radius 1 is 1.12 bits per heavy atom. The van der Waals surface area contributed by atoms with Gasteiger partial charge in [-0.25, -0.2) is 19.4 Å². The van der Waals surface area contributed by atoms with Gasteiger partial charge in [-0.1, -0.05) is 0 Å². The molecule has 32 heavy (non-hydrogen) atoms. The lowest BCUT2D eigenvalue weighted by Gasteiger charge is -2.35. The fraction of sp³-hybridized carbons (Fsp3) is 0.455. The van der Waals surface area contributed by atoms with Crippen LogP contribution in [0.4, 0.5) is 16.4 Å². The number of likely N-dealkylation sites (tertiary alicyclic amines) is 1. The number of amides is 1. The number of aromatic nitrogens is 4. The molecule has 168 valence electrons. The Kier molecular flexibility index (Phi) is 4.61. The number of benzene rings is 1. The van der Waals surface area contributed by atoms with Gasteiger partial charge in [0.25, 0.3) is 0 Å². The van der Waals surface area contributed by atoms with Crippen LogP contribution in [0.25, 0.3) is 16.7 Å². The predicted molar refractivity (Wildman–Crippen MR) is 120 cm³/mol. The van der Waals surface area contributed by atoms with Crippen molar-refractivity contribution in [3.05, 3.63) is 30.6 Å². The zero-order valence-electron chi connectivity index (χ0n) is 18.6. The van der Waals surface area contributed by atoms with E-state index >= 15 is 0 Å². The van der Waals surface area contributed by atoms with Gasteiger partial charge in [0.05, 0.1) is 24.7 Å². The number of piperazine rings is 1. The highest BCUT2D eigenvalue weighted by Gasteiger charge is 2.47. The maximum absolute atomic E-state index is 12.5. The molecule has 2 aliphatic rings. The largest absolute Gasteiger partial charge is 0.497 e. The average molecular weight is 438 g/mol. The first-order chi connectivity index (χ1) is 15.2. The third-order valence-electron chi connectivity index (χ3n) is 5.93. The van der Waals surface area contributed by atoms with Crippen LogP contribution < -0.4 is 15.4 Å². The number of nitrogens with two attached hydrogens (primary N) is 1. The Morgan fingerprint density at radius 3 is 2.59 bits per heavy atom. The number of anilines is 2. The Bertz CT molecular complexity index is 1190. The molecule has 2 atom stereocenters. The van der Waals surface area contributed by atoms with E-state index in [0.29, 0.717) is 30.5 Å². The molecule has 10 nitrogen and oxygen atoms in total. The van der Waals surface area contributed by atoms with Gasteiger partial charge >= 0.3 is 6.09 Å². The van der Waals surface area contributed by atoms with Gasteiger partial charge in [0.1, 0.15) is 23.5 Å². The SMILES string of the molecule is COc1ccc2c(N)nn(-c3cc(N4C[C@@H]5C[C@H]4CN5C(=O)OC(C)(C)C)ncn3)c2c1. The summed E-state index contributed by atoms with van der Waals surface area (Å²) in [5.74, 6) is 2.57. The summed E-state index contributed by atoms with van der Waals surface area (Å²) in [5, 5.41) is 5.31. The molecule has 2 aliphatic heterocycles. The van der Waals surface area contributed by atoms with E-state index in [-0.39, 0.29) is 18.2 Å². The van der Waals surface area contributed by atoms with Crippen LogP contribution >= 0.6 is 0 Å². The summed E-state index contributed by atoms with van der Waals surface area (Å²) in [5.41, 5.74) is 6.43. The van der Waals surface area contributed by atoms with E-state index in [2.05, 4.69) is 20.0 Å². The molecule has 0 saturated carbocycles. The number of rotatable bonds is 3. The van der Waals surface area contributed by atoms with Crippen molar-refractivity contribution >= 4 is 28.6 Å². The molecule has 2 N–H and O–H groups in total. The van der Waals surface area contributed by atoms with Gasteiger partial charge < -0.3 is 25.0 Å². The first-order valence-corrected chi connectivity index (χ1v) is 10.6. The number of ether oxygens (including phenoxy) is 2. The summed E-state index contributed by atoms with van der Waals surface area (Å²) in [7, 11) is 1.62. The van der Waals surface area contributed by atoms with Crippen molar-refractivity contribution < 1.29 is 14.3 Å². The van der Waals surface area contributed by atoms with Crippen LogP contribution in [0.15, 0.2) is 30.6 Å². The minimum absolute atomic E-state index is 0.110. The second-order valence-electron chi connectivity index (χ2n) is 9.24. The van der Waals surface area contributed by atoms with Crippen molar-refractivity contribution in [1.29, 1.82) is 0 Å². The number of nitrogen functional groups attached to an aromatic ring is 1. The molecule has 0 unspecified atom stereocenters. The summed E-state index contributed by atoms with van der Waals surface area (Å²) < 4.78 is 12.6. The first-order valence-electron chi connectivity index (χ1n) is 10.6. The molecule has 2 aromatic heterocycles. The number of carbonyl (C=O) groups is 1. The Morgan fingerprint density at radius 2 is 1.91 bits per heavy atom. The normalized spacial score (nSPS) is 20.2. The van der Waals surface area contributed by atoms with Gasteiger partial charge in [0, 0.05) is 30.6 Å². The van der Waals surface area contributed by atoms with Crippen LogP contribution in [0, 0.1) is 0 Å². The number of hydrogen-bond donors (Lipinski definition) is 1. The maximum Gasteiger partial charge on any atom is 0.410 e. The lowest BCUT2D eigenvalue weighted by molar-refractivity contribution is 0.0214. The van der Waals surface area contributed by atoms with E-state index in [1.807, 2.05) is 49.9 Å². The molecule has 4 heterocycles. The number of hydrogen-bond acceptors (Lipinski definition) is 8. The summed E-state index contributed by atoms with van der Waals surface area (Å²) >= 11 is 0. The number of nitrogens with zero attached hydrogens (tertiary/aromatic N) is 6. The summed E-state index contributed by atoms with van der Waals surface area (Å²) in [6.45, 7) is 6.98. The molecule has 5 rings (SSSR count). The highest BCUT2D eigenvalue weighted by molar-refractivity contribution is 5.91. The molecule has 0 spiro atoms. The standard InChI is InChI=1S/C22H27N7O3/c1-22(2,3)32-21(30)28-11-13-7-14(28)10-27(13)18-9-19(25-12-24-18)29-17-8-15(31-4)5-6-16(17)20(23)26-29/h5-6,8-9,12-14H,7,10-11H2,1-4H3,(H2,23,26)/t13-,14-/m0/s1. The predicted octanol–water partition coefficient (Wildman–Crippen LogP) is 2.60. The molecule has 2 bridgehead atoms. The molecular weight excluding hydrogens is 410 g/mol. The zero-order chi connectivity index (χ0) is 22.6. The van der Waals surface area contributed by atoms with Gasteiger partial charge in [-0.2, -0.15) is 0 Å². The van der Waals surface area contributed by atoms with Crippen molar-refractivity contribution in [3.8, 4) is 11.6 Å². The fourth-order valence-corrected chi connectivity index (χ4v) is 4.52. The second-order valence-corrected chi connectivity index (χ2v) is 9.24. The Hall–Kier alpha value is -3.56. The highest BCUT2D eigenvalue weighted by Crippen LogP contribution is 2.35. The van der Waals surface area contributed by atoms with Gasteiger partial charge in [0.2, 0.25) is 0 Å². The van der Waals surface area contributed by atoms with Gasteiger partial charge in [-0.05, 0) is 39.3 Å². The van der Waals surface area contributed by atoms with E-state index in [1.54, 1.807) is 11.8 Å². The van der Waals surface area contributed by atoms with Crippen LogP contribution in [0.2, 0.25) is 0 Å². The van der Waals surface area contributed by atoms with E-state index in [0.717, 1.165) is 23.1 Å². The van der Waals surface area contributed by atoms with Crippen LogP contribution in [0.3, 0.4) is 0 Å². The minimum atomic E-state index is -0.503. The number of fused-ring (bicyclic) bond motifs is 3. The quantitative estimate of drug-likeness (QED) is 0.666. The van der Waals surface area contributed by atoms with Crippen LogP contribution in [-0.2, 0) is 4.74 Å². The summed E-state index contributed by atoms with van der Waals surface area (Å²) in [4.78, 5) is 25.5. The van der Waals surface area contributed by atoms with Crippen molar-refractivity contribution in [3.63, 3.8) is 0 Å². The third kappa shape index (κ3) is 3.45. The van der Waals surface area contributed by atoms with Crippen LogP contribution in [-0.4, -0.2) is 68.6 Å². The molecule has 0 aliphatic carbocycles. The van der Waals surface area contributed by atoms with Crippen LogP contribution in [0.5, 0.6) is 5.75 Å². The fourth-order valence-electron chi connectivity index (χ4n) is 4.52. The molecule has 10 heteroatoms. The topological polar surface area (TPSA) is 112 Å². The molecule has 1 amide bonds. The maximum atomic E-state index is 12.5. The van der Waals surface area contributed by atoms with E-state index in [4.69, 9.17) is 15.2 Å². The van der Waals surface area contributed by atoms with Crippen molar-refractivity contribution in [2.45, 2.75) is 44.9 Å². The van der Waals surface area contributed by atoms with E-state index in [9.17, 15) is 4.79 Å². The second kappa shape index (κ2) is 7.25. The molecule has 0 radical (unpaired) electrons. The summed E-state index contributed by atoms with van der Waals surface area (Å²) in [6.07, 6.45) is 2.18. The van der Waals surface area contributed by atoms with Crippen molar-refractivity contribution in [2.75, 3.05) is 30.8 Å². The first kappa shape index (κ1) is 20.3. The highest BCUT2D eigenvalue weighted by atomic mass is 16.6. The molecule has 3 aromatic rings. The Labute approximate surface area is 185 Å². The zero-order valence-corrected chi connectivity index (χ0v) is 18.6.